The summed E-state index contributed by atoms with van der Waals surface area (Å²) < 4.78 is 43.4. The number of aromatic hydroxyl groups is 1. The van der Waals surface area contributed by atoms with Crippen LogP contribution in [0.15, 0.2) is 57.1 Å². The quantitative estimate of drug-likeness (QED) is 0.471. The second-order valence-electron chi connectivity index (χ2n) is 8.01. The molecule has 0 saturated heterocycles. The summed E-state index contributed by atoms with van der Waals surface area (Å²) in [4.78, 5) is 14.8. The molecule has 3 aromatic rings. The van der Waals surface area contributed by atoms with Crippen LogP contribution in [0, 0.1) is 0 Å². The molecule has 180 valence electrons. The molecular weight excluding hydrogens is 458 g/mol. The molecule has 34 heavy (non-hydrogen) atoms. The van der Waals surface area contributed by atoms with Gasteiger partial charge >= 0.3 is 0 Å². The van der Waals surface area contributed by atoms with Crippen LogP contribution in [0.5, 0.6) is 17.2 Å². The standard InChI is InChI=1S/C25H27NO7S/c1-4-33-14-18-21(22-19(31-2)6-5-7-20(22)32-3)23(27)24(25(28)26-18)34(29,30)17-12-10-16(11-13-17)15-8-9-15/h5-7,10-13,15H,4,8-9,14H2,1-3H3,(H2,26,27,28). The molecule has 0 bridgehead atoms. The van der Waals surface area contributed by atoms with Crippen LogP contribution in [0.2, 0.25) is 0 Å². The number of rotatable bonds is 9. The van der Waals surface area contributed by atoms with Gasteiger partial charge in [0.15, 0.2) is 4.90 Å². The lowest BCUT2D eigenvalue weighted by Crippen LogP contribution is -2.21. The number of ether oxygens (including phenoxy) is 3. The summed E-state index contributed by atoms with van der Waals surface area (Å²) >= 11 is 0. The van der Waals surface area contributed by atoms with Crippen molar-refractivity contribution in [1.82, 2.24) is 4.98 Å². The molecule has 0 atom stereocenters. The molecule has 1 aliphatic rings. The van der Waals surface area contributed by atoms with Crippen molar-refractivity contribution in [2.45, 2.75) is 42.1 Å². The van der Waals surface area contributed by atoms with E-state index in [4.69, 9.17) is 14.2 Å². The minimum atomic E-state index is -4.35. The van der Waals surface area contributed by atoms with Crippen LogP contribution in [0.1, 0.15) is 36.9 Å². The second-order valence-corrected chi connectivity index (χ2v) is 9.89. The van der Waals surface area contributed by atoms with Crippen LogP contribution < -0.4 is 15.0 Å². The molecule has 1 aliphatic carbocycles. The van der Waals surface area contributed by atoms with Crippen LogP contribution in [-0.2, 0) is 21.2 Å². The van der Waals surface area contributed by atoms with Gasteiger partial charge in [0.2, 0.25) is 9.84 Å². The van der Waals surface area contributed by atoms with Crippen molar-refractivity contribution in [1.29, 1.82) is 0 Å². The van der Waals surface area contributed by atoms with Crippen molar-refractivity contribution in [3.63, 3.8) is 0 Å². The molecule has 0 amide bonds. The number of aromatic amines is 1. The fraction of sp³-hybridized carbons (Fsp3) is 0.320. The first-order chi connectivity index (χ1) is 16.3. The molecule has 0 radical (unpaired) electrons. The highest BCUT2D eigenvalue weighted by Crippen LogP contribution is 2.46. The van der Waals surface area contributed by atoms with Crippen molar-refractivity contribution < 1.29 is 27.7 Å². The zero-order valence-electron chi connectivity index (χ0n) is 19.3. The van der Waals surface area contributed by atoms with Gasteiger partial charge < -0.3 is 24.3 Å². The summed E-state index contributed by atoms with van der Waals surface area (Å²) in [6, 6.07) is 11.5. The van der Waals surface area contributed by atoms with Crippen LogP contribution in [0.3, 0.4) is 0 Å². The zero-order valence-corrected chi connectivity index (χ0v) is 20.1. The summed E-state index contributed by atoms with van der Waals surface area (Å²) in [5, 5.41) is 11.3. The molecule has 1 saturated carbocycles. The lowest BCUT2D eigenvalue weighted by molar-refractivity contribution is 0.131. The zero-order chi connectivity index (χ0) is 24.5. The third-order valence-corrected chi connectivity index (χ3v) is 7.67. The Labute approximate surface area is 198 Å². The highest BCUT2D eigenvalue weighted by molar-refractivity contribution is 7.91. The highest BCUT2D eigenvalue weighted by Gasteiger charge is 2.32. The maximum absolute atomic E-state index is 13.5. The van der Waals surface area contributed by atoms with E-state index < -0.39 is 26.0 Å². The van der Waals surface area contributed by atoms with E-state index in [1.165, 1.54) is 26.4 Å². The second kappa shape index (κ2) is 9.52. The van der Waals surface area contributed by atoms with Gasteiger partial charge in [-0.25, -0.2) is 8.42 Å². The maximum Gasteiger partial charge on any atom is 0.271 e. The molecule has 4 rings (SSSR count). The lowest BCUT2D eigenvalue weighted by Gasteiger charge is -2.19. The van der Waals surface area contributed by atoms with E-state index in [9.17, 15) is 18.3 Å². The van der Waals surface area contributed by atoms with Gasteiger partial charge in [0.25, 0.3) is 5.56 Å². The van der Waals surface area contributed by atoms with E-state index in [1.54, 1.807) is 37.3 Å². The monoisotopic (exact) mass is 485 g/mol. The smallest absolute Gasteiger partial charge is 0.271 e. The van der Waals surface area contributed by atoms with Gasteiger partial charge in [-0.1, -0.05) is 18.2 Å². The first-order valence-electron chi connectivity index (χ1n) is 11.0. The summed E-state index contributed by atoms with van der Waals surface area (Å²) in [5.74, 6) is 0.428. The third kappa shape index (κ3) is 4.28. The summed E-state index contributed by atoms with van der Waals surface area (Å²) in [7, 11) is -1.45. The fourth-order valence-electron chi connectivity index (χ4n) is 4.00. The minimum Gasteiger partial charge on any atom is -0.506 e. The maximum atomic E-state index is 13.5. The first kappa shape index (κ1) is 23.8. The molecule has 1 heterocycles. The number of methoxy groups -OCH3 is 2. The van der Waals surface area contributed by atoms with Crippen molar-refractivity contribution in [2.75, 3.05) is 20.8 Å². The molecule has 0 aliphatic heterocycles. The summed E-state index contributed by atoms with van der Waals surface area (Å²) in [6.45, 7) is 2.07. The van der Waals surface area contributed by atoms with Gasteiger partial charge in [-0.05, 0) is 55.5 Å². The van der Waals surface area contributed by atoms with E-state index in [0.717, 1.165) is 18.4 Å². The normalized spacial score (nSPS) is 13.6. The Hall–Kier alpha value is -3.30. The summed E-state index contributed by atoms with van der Waals surface area (Å²) in [6.07, 6.45) is 2.16. The molecule has 2 N–H and O–H groups in total. The largest absolute Gasteiger partial charge is 0.506 e. The SMILES string of the molecule is CCOCc1[nH]c(=O)c(S(=O)(=O)c2ccc(C3CC3)cc2)c(O)c1-c1c(OC)cccc1OC. The molecule has 8 nitrogen and oxygen atoms in total. The first-order valence-corrected chi connectivity index (χ1v) is 12.4. The molecule has 2 aromatic carbocycles. The van der Waals surface area contributed by atoms with E-state index in [1.807, 2.05) is 0 Å². The van der Waals surface area contributed by atoms with Crippen LogP contribution in [-0.4, -0.2) is 39.3 Å². The molecule has 1 aromatic heterocycles. The number of H-pyrrole nitrogens is 1. The Morgan fingerprint density at radius 1 is 1.00 bits per heavy atom. The average Bonchev–Trinajstić information content (AvgIpc) is 3.68. The summed E-state index contributed by atoms with van der Waals surface area (Å²) in [5.41, 5.74) is 0.696. The minimum absolute atomic E-state index is 0.0632. The molecule has 1 fully saturated rings. The van der Waals surface area contributed by atoms with Gasteiger partial charge in [-0.15, -0.1) is 0 Å². The van der Waals surface area contributed by atoms with Crippen molar-refractivity contribution >= 4 is 9.84 Å². The Balaban J connectivity index is 1.97. The van der Waals surface area contributed by atoms with Gasteiger partial charge in [-0.2, -0.15) is 0 Å². The van der Waals surface area contributed by atoms with Crippen LogP contribution >= 0.6 is 0 Å². The van der Waals surface area contributed by atoms with E-state index in [-0.39, 0.29) is 22.8 Å². The van der Waals surface area contributed by atoms with Crippen molar-refractivity contribution in [3.05, 3.63) is 64.1 Å². The van der Waals surface area contributed by atoms with E-state index >= 15 is 0 Å². The highest BCUT2D eigenvalue weighted by atomic mass is 32.2. The van der Waals surface area contributed by atoms with Crippen LogP contribution in [0.4, 0.5) is 0 Å². The van der Waals surface area contributed by atoms with Crippen LogP contribution in [0.25, 0.3) is 11.1 Å². The Kier molecular flexibility index (Phi) is 6.67. The molecule has 0 unspecified atom stereocenters. The number of nitrogens with one attached hydrogen (secondary N) is 1. The molecular formula is C25H27NO7S. The fourth-order valence-corrected chi connectivity index (χ4v) is 5.38. The predicted molar refractivity (Wildman–Crippen MR) is 126 cm³/mol. The predicted octanol–water partition coefficient (Wildman–Crippen LogP) is 4.01. The number of hydrogen-bond acceptors (Lipinski definition) is 7. The van der Waals surface area contributed by atoms with Crippen molar-refractivity contribution in [3.8, 4) is 28.4 Å². The third-order valence-electron chi connectivity index (χ3n) is 5.86. The topological polar surface area (TPSA) is 115 Å². The number of aromatic nitrogens is 1. The van der Waals surface area contributed by atoms with E-state index in [0.29, 0.717) is 29.6 Å². The Morgan fingerprint density at radius 2 is 1.62 bits per heavy atom. The van der Waals surface area contributed by atoms with Gasteiger partial charge in [0.1, 0.15) is 17.2 Å². The molecule has 0 spiro atoms. The average molecular weight is 486 g/mol. The van der Waals surface area contributed by atoms with Crippen molar-refractivity contribution in [2.24, 2.45) is 0 Å². The van der Waals surface area contributed by atoms with Gasteiger partial charge in [-0.3, -0.25) is 4.79 Å². The number of sulfone groups is 1. The van der Waals surface area contributed by atoms with Gasteiger partial charge in [0, 0.05) is 6.61 Å². The lowest BCUT2D eigenvalue weighted by atomic mass is 10.0. The van der Waals surface area contributed by atoms with Gasteiger partial charge in [0.05, 0.1) is 42.5 Å². The number of hydrogen-bond donors (Lipinski definition) is 2. The Morgan fingerprint density at radius 3 is 2.15 bits per heavy atom. The Bertz CT molecular complexity index is 1330. The number of benzene rings is 2. The number of pyridine rings is 1. The van der Waals surface area contributed by atoms with E-state index in [2.05, 4.69) is 4.98 Å². The molecule has 9 heteroatoms.